The van der Waals surface area contributed by atoms with E-state index in [9.17, 15) is 0 Å². The Hall–Kier alpha value is -2.73. The van der Waals surface area contributed by atoms with Crippen LogP contribution in [-0.2, 0) is 0 Å². The van der Waals surface area contributed by atoms with E-state index in [0.29, 0.717) is 0 Å². The summed E-state index contributed by atoms with van der Waals surface area (Å²) in [6.07, 6.45) is 0. The van der Waals surface area contributed by atoms with Crippen LogP contribution < -0.4 is 4.74 Å². The third kappa shape index (κ3) is 2.37. The fraction of sp³-hybridized carbons (Fsp3) is 0.118. The van der Waals surface area contributed by atoms with Crippen LogP contribution in [0.2, 0.25) is 0 Å². The molecule has 6 heteroatoms. The summed E-state index contributed by atoms with van der Waals surface area (Å²) in [6, 6.07) is 16.0. The van der Waals surface area contributed by atoms with Gasteiger partial charge in [0, 0.05) is 11.1 Å². The van der Waals surface area contributed by atoms with E-state index in [2.05, 4.69) is 28.3 Å². The van der Waals surface area contributed by atoms with Gasteiger partial charge in [-0.2, -0.15) is 9.61 Å². The molecule has 2 aromatic heterocycles. The summed E-state index contributed by atoms with van der Waals surface area (Å²) in [7, 11) is 1.66. The number of benzene rings is 2. The number of ether oxygens (including phenoxy) is 1. The maximum Gasteiger partial charge on any atom is 0.235 e. The molecule has 0 aliphatic carbocycles. The van der Waals surface area contributed by atoms with Gasteiger partial charge >= 0.3 is 0 Å². The number of nitrogens with zero attached hydrogens (tertiary/aromatic N) is 4. The number of aryl methyl sites for hydroxylation is 1. The van der Waals surface area contributed by atoms with Crippen molar-refractivity contribution >= 4 is 16.3 Å². The summed E-state index contributed by atoms with van der Waals surface area (Å²) in [5.41, 5.74) is 3.24. The second kappa shape index (κ2) is 5.48. The molecular weight excluding hydrogens is 308 g/mol. The van der Waals surface area contributed by atoms with Crippen molar-refractivity contribution in [2.24, 2.45) is 0 Å². The Bertz CT molecular complexity index is 972. The van der Waals surface area contributed by atoms with Gasteiger partial charge in [0.2, 0.25) is 4.96 Å². The minimum absolute atomic E-state index is 0.772. The van der Waals surface area contributed by atoms with Gasteiger partial charge < -0.3 is 4.74 Å². The number of fused-ring (bicyclic) bond motifs is 1. The quantitative estimate of drug-likeness (QED) is 0.575. The standard InChI is InChI=1S/C17H14N4OS/c1-11-5-3-4-6-14(11)15-18-19-17-21(15)20-16(23-17)12-7-9-13(22-2)10-8-12/h3-10H,1-2H3. The molecule has 0 saturated heterocycles. The second-order valence-electron chi connectivity index (χ2n) is 5.17. The zero-order chi connectivity index (χ0) is 15.8. The molecule has 0 spiro atoms. The predicted octanol–water partition coefficient (Wildman–Crippen LogP) is 3.84. The summed E-state index contributed by atoms with van der Waals surface area (Å²) in [5, 5.41) is 14.1. The highest BCUT2D eigenvalue weighted by atomic mass is 32.1. The van der Waals surface area contributed by atoms with E-state index in [4.69, 9.17) is 4.74 Å². The van der Waals surface area contributed by atoms with Crippen molar-refractivity contribution < 1.29 is 4.74 Å². The molecule has 0 aliphatic rings. The summed E-state index contributed by atoms with van der Waals surface area (Å²) in [4.78, 5) is 0.786. The Morgan fingerprint density at radius 1 is 1.00 bits per heavy atom. The van der Waals surface area contributed by atoms with Crippen LogP contribution in [0.1, 0.15) is 5.56 Å². The lowest BCUT2D eigenvalue weighted by atomic mass is 10.1. The van der Waals surface area contributed by atoms with Crippen molar-refractivity contribution in [2.45, 2.75) is 6.92 Å². The minimum Gasteiger partial charge on any atom is -0.497 e. The second-order valence-corrected chi connectivity index (χ2v) is 6.12. The molecule has 0 bridgehead atoms. The highest BCUT2D eigenvalue weighted by molar-refractivity contribution is 7.19. The summed E-state index contributed by atoms with van der Waals surface area (Å²) >= 11 is 1.52. The Kier molecular flexibility index (Phi) is 3.31. The van der Waals surface area contributed by atoms with E-state index in [0.717, 1.165) is 38.2 Å². The molecule has 5 nitrogen and oxygen atoms in total. The summed E-state index contributed by atoms with van der Waals surface area (Å²) in [6.45, 7) is 2.06. The first kappa shape index (κ1) is 13.9. The highest BCUT2D eigenvalue weighted by Crippen LogP contribution is 2.29. The lowest BCUT2D eigenvalue weighted by Crippen LogP contribution is -1.93. The van der Waals surface area contributed by atoms with Crippen molar-refractivity contribution in [2.75, 3.05) is 7.11 Å². The van der Waals surface area contributed by atoms with Gasteiger partial charge in [0.1, 0.15) is 10.8 Å². The first-order chi connectivity index (χ1) is 11.3. The van der Waals surface area contributed by atoms with Crippen LogP contribution in [-0.4, -0.2) is 26.9 Å². The fourth-order valence-corrected chi connectivity index (χ4v) is 3.30. The van der Waals surface area contributed by atoms with Gasteiger partial charge in [-0.3, -0.25) is 0 Å². The van der Waals surface area contributed by atoms with Gasteiger partial charge in [-0.25, -0.2) is 0 Å². The lowest BCUT2D eigenvalue weighted by molar-refractivity contribution is 0.415. The van der Waals surface area contributed by atoms with Crippen LogP contribution in [0.15, 0.2) is 48.5 Å². The van der Waals surface area contributed by atoms with Crippen LogP contribution in [0.25, 0.3) is 26.9 Å². The van der Waals surface area contributed by atoms with Crippen molar-refractivity contribution in [1.29, 1.82) is 0 Å². The van der Waals surface area contributed by atoms with Crippen LogP contribution >= 0.6 is 11.3 Å². The Labute approximate surface area is 137 Å². The smallest absolute Gasteiger partial charge is 0.235 e. The summed E-state index contributed by atoms with van der Waals surface area (Å²) < 4.78 is 7.01. The van der Waals surface area contributed by atoms with Crippen LogP contribution in [0, 0.1) is 6.92 Å². The number of aromatic nitrogens is 4. The van der Waals surface area contributed by atoms with Crippen LogP contribution in [0.4, 0.5) is 0 Å². The molecule has 23 heavy (non-hydrogen) atoms. The molecule has 0 aliphatic heterocycles. The van der Waals surface area contributed by atoms with E-state index < -0.39 is 0 Å². The predicted molar refractivity (Wildman–Crippen MR) is 90.8 cm³/mol. The Morgan fingerprint density at radius 3 is 2.52 bits per heavy atom. The molecule has 4 aromatic rings. The molecular formula is C17H14N4OS. The minimum atomic E-state index is 0.772. The third-order valence-electron chi connectivity index (χ3n) is 3.71. The zero-order valence-electron chi connectivity index (χ0n) is 12.7. The van der Waals surface area contributed by atoms with Gasteiger partial charge in [-0.1, -0.05) is 35.6 Å². The highest BCUT2D eigenvalue weighted by Gasteiger charge is 2.15. The van der Waals surface area contributed by atoms with Gasteiger partial charge in [-0.05, 0) is 36.8 Å². The number of rotatable bonds is 3. The molecule has 0 saturated carbocycles. The number of hydrogen-bond donors (Lipinski definition) is 0. The molecule has 0 radical (unpaired) electrons. The third-order valence-corrected chi connectivity index (χ3v) is 4.66. The molecule has 0 amide bonds. The normalized spacial score (nSPS) is 11.0. The maximum atomic E-state index is 5.19. The molecule has 0 fully saturated rings. The topological polar surface area (TPSA) is 52.3 Å². The average Bonchev–Trinajstić information content (AvgIpc) is 3.16. The van der Waals surface area contributed by atoms with Crippen molar-refractivity contribution in [3.05, 3.63) is 54.1 Å². The van der Waals surface area contributed by atoms with E-state index in [-0.39, 0.29) is 0 Å². The number of hydrogen-bond acceptors (Lipinski definition) is 5. The van der Waals surface area contributed by atoms with E-state index in [1.54, 1.807) is 7.11 Å². The van der Waals surface area contributed by atoms with Gasteiger partial charge in [0.15, 0.2) is 5.82 Å². The summed E-state index contributed by atoms with van der Waals surface area (Å²) in [5.74, 6) is 1.60. The Morgan fingerprint density at radius 2 is 1.78 bits per heavy atom. The molecule has 114 valence electrons. The van der Waals surface area contributed by atoms with E-state index >= 15 is 0 Å². The molecule has 2 aromatic carbocycles. The first-order valence-electron chi connectivity index (χ1n) is 7.19. The number of methoxy groups -OCH3 is 1. The van der Waals surface area contributed by atoms with Gasteiger partial charge in [0.25, 0.3) is 0 Å². The van der Waals surface area contributed by atoms with E-state index in [1.165, 1.54) is 11.3 Å². The lowest BCUT2D eigenvalue weighted by Gasteiger charge is -2.01. The molecule has 0 N–H and O–H groups in total. The monoisotopic (exact) mass is 322 g/mol. The van der Waals surface area contributed by atoms with Crippen molar-refractivity contribution in [3.63, 3.8) is 0 Å². The average molecular weight is 322 g/mol. The maximum absolute atomic E-state index is 5.19. The Balaban J connectivity index is 1.81. The molecule has 0 unspecified atom stereocenters. The van der Waals surface area contributed by atoms with E-state index in [1.807, 2.05) is 47.0 Å². The molecule has 0 atom stereocenters. The van der Waals surface area contributed by atoms with Gasteiger partial charge in [-0.15, -0.1) is 10.2 Å². The molecule has 2 heterocycles. The zero-order valence-corrected chi connectivity index (χ0v) is 13.5. The van der Waals surface area contributed by atoms with Gasteiger partial charge in [0.05, 0.1) is 7.11 Å². The fourth-order valence-electron chi connectivity index (χ4n) is 2.46. The van der Waals surface area contributed by atoms with Crippen molar-refractivity contribution in [3.8, 4) is 27.7 Å². The van der Waals surface area contributed by atoms with Crippen LogP contribution in [0.3, 0.4) is 0 Å². The van der Waals surface area contributed by atoms with Crippen LogP contribution in [0.5, 0.6) is 5.75 Å². The molecule has 4 rings (SSSR count). The SMILES string of the molecule is COc1ccc(-c2nn3c(-c4ccccc4C)nnc3s2)cc1. The largest absolute Gasteiger partial charge is 0.497 e. The first-order valence-corrected chi connectivity index (χ1v) is 8.00. The van der Waals surface area contributed by atoms with Crippen molar-refractivity contribution in [1.82, 2.24) is 19.8 Å².